The molecule has 1 amide bonds. The third kappa shape index (κ3) is 3.26. The van der Waals surface area contributed by atoms with Crippen molar-refractivity contribution < 1.29 is 9.18 Å². The summed E-state index contributed by atoms with van der Waals surface area (Å²) in [6, 6.07) is 6.73. The molecule has 2 aromatic rings. The molecule has 21 heavy (non-hydrogen) atoms. The molecule has 0 unspecified atom stereocenters. The van der Waals surface area contributed by atoms with Crippen LogP contribution in [0.2, 0.25) is 0 Å². The molecule has 1 aromatic carbocycles. The lowest BCUT2D eigenvalue weighted by Crippen LogP contribution is -2.39. The zero-order valence-corrected chi connectivity index (χ0v) is 11.7. The van der Waals surface area contributed by atoms with Crippen molar-refractivity contribution in [1.29, 1.82) is 0 Å². The molecule has 0 radical (unpaired) electrons. The fourth-order valence-corrected chi connectivity index (χ4v) is 2.86. The number of likely N-dealkylation sites (tertiary alicyclic amines) is 1. The van der Waals surface area contributed by atoms with Crippen molar-refractivity contribution in [2.45, 2.75) is 31.8 Å². The highest BCUT2D eigenvalue weighted by Crippen LogP contribution is 2.22. The van der Waals surface area contributed by atoms with Crippen molar-refractivity contribution in [2.75, 3.05) is 6.54 Å². The third-order valence-corrected chi connectivity index (χ3v) is 3.82. The molecule has 0 saturated carbocycles. The van der Waals surface area contributed by atoms with Crippen molar-refractivity contribution in [3.8, 4) is 0 Å². The standard InChI is InChI=1S/C15H17FN4O/c16-13-4-1-3-12(7-13)8-14-5-2-6-20(14)15(21)9-19-11-17-10-18-19/h1,3-4,7,10-11,14H,2,5-6,8-9H2/t14-/m0/s1. The molecule has 1 saturated heterocycles. The largest absolute Gasteiger partial charge is 0.338 e. The second kappa shape index (κ2) is 6.03. The number of aromatic nitrogens is 3. The molecular weight excluding hydrogens is 271 g/mol. The van der Waals surface area contributed by atoms with E-state index >= 15 is 0 Å². The second-order valence-corrected chi connectivity index (χ2v) is 5.31. The fourth-order valence-electron chi connectivity index (χ4n) is 2.86. The van der Waals surface area contributed by atoms with E-state index in [2.05, 4.69) is 10.1 Å². The molecule has 110 valence electrons. The maximum atomic E-state index is 13.2. The minimum atomic E-state index is -0.231. The van der Waals surface area contributed by atoms with E-state index in [1.165, 1.54) is 23.4 Å². The molecule has 6 heteroatoms. The van der Waals surface area contributed by atoms with Gasteiger partial charge in [-0.2, -0.15) is 5.10 Å². The predicted molar refractivity (Wildman–Crippen MR) is 74.9 cm³/mol. The van der Waals surface area contributed by atoms with Gasteiger partial charge in [-0.3, -0.25) is 4.79 Å². The number of carbonyl (C=O) groups excluding carboxylic acids is 1. The molecule has 0 N–H and O–H groups in total. The Labute approximate surface area is 122 Å². The van der Waals surface area contributed by atoms with Gasteiger partial charge in [0.25, 0.3) is 0 Å². The van der Waals surface area contributed by atoms with E-state index < -0.39 is 0 Å². The van der Waals surface area contributed by atoms with Gasteiger partial charge < -0.3 is 4.90 Å². The topological polar surface area (TPSA) is 51.0 Å². The van der Waals surface area contributed by atoms with Crippen molar-refractivity contribution in [2.24, 2.45) is 0 Å². The molecule has 0 aliphatic carbocycles. The minimum Gasteiger partial charge on any atom is -0.338 e. The monoisotopic (exact) mass is 288 g/mol. The van der Waals surface area contributed by atoms with Crippen LogP contribution in [-0.4, -0.2) is 38.2 Å². The van der Waals surface area contributed by atoms with Gasteiger partial charge in [-0.25, -0.2) is 14.1 Å². The lowest BCUT2D eigenvalue weighted by molar-refractivity contribution is -0.132. The second-order valence-electron chi connectivity index (χ2n) is 5.31. The quantitative estimate of drug-likeness (QED) is 0.859. The van der Waals surface area contributed by atoms with E-state index in [1.807, 2.05) is 11.0 Å². The van der Waals surface area contributed by atoms with E-state index in [0.717, 1.165) is 24.9 Å². The van der Waals surface area contributed by atoms with E-state index in [-0.39, 0.29) is 24.3 Å². The number of rotatable bonds is 4. The summed E-state index contributed by atoms with van der Waals surface area (Å²) in [5, 5.41) is 3.96. The summed E-state index contributed by atoms with van der Waals surface area (Å²) < 4.78 is 14.8. The highest BCUT2D eigenvalue weighted by Gasteiger charge is 2.28. The molecule has 0 bridgehead atoms. The number of hydrogen-bond donors (Lipinski definition) is 0. The molecule has 1 aromatic heterocycles. The van der Waals surface area contributed by atoms with Crippen LogP contribution in [-0.2, 0) is 17.8 Å². The Morgan fingerprint density at radius 2 is 2.33 bits per heavy atom. The lowest BCUT2D eigenvalue weighted by atomic mass is 10.0. The lowest BCUT2D eigenvalue weighted by Gasteiger charge is -2.24. The summed E-state index contributed by atoms with van der Waals surface area (Å²) in [4.78, 5) is 18.1. The van der Waals surface area contributed by atoms with Crippen LogP contribution in [0.1, 0.15) is 18.4 Å². The minimum absolute atomic E-state index is 0.0411. The average Bonchev–Trinajstić information content (AvgIpc) is 3.10. The average molecular weight is 288 g/mol. The van der Waals surface area contributed by atoms with E-state index in [4.69, 9.17) is 0 Å². The Morgan fingerprint density at radius 1 is 1.43 bits per heavy atom. The Hall–Kier alpha value is -2.24. The third-order valence-electron chi connectivity index (χ3n) is 3.82. The number of benzene rings is 1. The summed E-state index contributed by atoms with van der Waals surface area (Å²) in [6.45, 7) is 0.965. The first-order chi connectivity index (χ1) is 10.2. The molecule has 1 fully saturated rings. The molecule has 0 spiro atoms. The van der Waals surface area contributed by atoms with Gasteiger partial charge in [-0.1, -0.05) is 12.1 Å². The fraction of sp³-hybridized carbons (Fsp3) is 0.400. The summed E-state index contributed by atoms with van der Waals surface area (Å²) in [5.74, 6) is -0.189. The number of hydrogen-bond acceptors (Lipinski definition) is 3. The first-order valence-electron chi connectivity index (χ1n) is 7.09. The summed E-state index contributed by atoms with van der Waals surface area (Å²) in [6.07, 6.45) is 5.60. The van der Waals surface area contributed by atoms with Gasteiger partial charge in [0.1, 0.15) is 25.0 Å². The van der Waals surface area contributed by atoms with Gasteiger partial charge in [0.2, 0.25) is 5.91 Å². The number of halogens is 1. The highest BCUT2D eigenvalue weighted by molar-refractivity contribution is 5.76. The highest BCUT2D eigenvalue weighted by atomic mass is 19.1. The van der Waals surface area contributed by atoms with Crippen molar-refractivity contribution in [3.05, 3.63) is 48.3 Å². The van der Waals surface area contributed by atoms with Crippen LogP contribution in [0, 0.1) is 5.82 Å². The SMILES string of the molecule is O=C(Cn1cncn1)N1CCC[C@H]1Cc1cccc(F)c1. The molecule has 1 aliphatic heterocycles. The number of carbonyl (C=O) groups is 1. The predicted octanol–water partition coefficient (Wildman–Crippen LogP) is 1.65. The number of nitrogens with zero attached hydrogens (tertiary/aromatic N) is 4. The van der Waals surface area contributed by atoms with Crippen LogP contribution in [0.4, 0.5) is 4.39 Å². The van der Waals surface area contributed by atoms with Crippen LogP contribution in [0.15, 0.2) is 36.9 Å². The van der Waals surface area contributed by atoms with Gasteiger partial charge in [0.05, 0.1) is 0 Å². The van der Waals surface area contributed by atoms with Gasteiger partial charge >= 0.3 is 0 Å². The van der Waals surface area contributed by atoms with Crippen LogP contribution in [0.3, 0.4) is 0 Å². The zero-order valence-electron chi connectivity index (χ0n) is 11.7. The first kappa shape index (κ1) is 13.7. The van der Waals surface area contributed by atoms with Crippen LogP contribution >= 0.6 is 0 Å². The molecule has 5 nitrogen and oxygen atoms in total. The van der Waals surface area contributed by atoms with Gasteiger partial charge in [-0.15, -0.1) is 0 Å². The van der Waals surface area contributed by atoms with Gasteiger partial charge in [0, 0.05) is 12.6 Å². The molecule has 2 heterocycles. The molecular formula is C15H17FN4O. The van der Waals surface area contributed by atoms with E-state index in [1.54, 1.807) is 12.1 Å². The van der Waals surface area contributed by atoms with Crippen LogP contribution < -0.4 is 0 Å². The maximum absolute atomic E-state index is 13.2. The van der Waals surface area contributed by atoms with Crippen molar-refractivity contribution in [1.82, 2.24) is 19.7 Å². The van der Waals surface area contributed by atoms with Crippen LogP contribution in [0.5, 0.6) is 0 Å². The van der Waals surface area contributed by atoms with Crippen molar-refractivity contribution in [3.63, 3.8) is 0 Å². The normalized spacial score (nSPS) is 18.1. The smallest absolute Gasteiger partial charge is 0.244 e. The van der Waals surface area contributed by atoms with Gasteiger partial charge in [0.15, 0.2) is 0 Å². The molecule has 3 rings (SSSR count). The summed E-state index contributed by atoms with van der Waals surface area (Å²) in [5.41, 5.74) is 0.931. The van der Waals surface area contributed by atoms with E-state index in [9.17, 15) is 9.18 Å². The Kier molecular flexibility index (Phi) is 3.94. The zero-order chi connectivity index (χ0) is 14.7. The van der Waals surface area contributed by atoms with E-state index in [0.29, 0.717) is 6.42 Å². The number of amides is 1. The Bertz CT molecular complexity index is 614. The summed E-state index contributed by atoms with van der Waals surface area (Å²) in [7, 11) is 0. The Balaban J connectivity index is 1.66. The molecule has 1 aliphatic rings. The van der Waals surface area contributed by atoms with Crippen LogP contribution in [0.25, 0.3) is 0 Å². The Morgan fingerprint density at radius 3 is 3.10 bits per heavy atom. The summed E-state index contributed by atoms with van der Waals surface area (Å²) >= 11 is 0. The van der Waals surface area contributed by atoms with Crippen molar-refractivity contribution >= 4 is 5.91 Å². The maximum Gasteiger partial charge on any atom is 0.244 e. The first-order valence-corrected chi connectivity index (χ1v) is 7.09. The van der Waals surface area contributed by atoms with Gasteiger partial charge in [-0.05, 0) is 37.0 Å². The molecule has 1 atom stereocenters.